The molecule has 0 spiro atoms. The molecule has 1 heterocycles. The Morgan fingerprint density at radius 1 is 1.10 bits per heavy atom. The first-order valence-electron chi connectivity index (χ1n) is 6.14. The summed E-state index contributed by atoms with van der Waals surface area (Å²) in [4.78, 5) is 4.27. The van der Waals surface area contributed by atoms with E-state index in [9.17, 15) is 4.39 Å². The fraction of sp³-hybridized carbons (Fsp3) is 0.0625. The maximum atomic E-state index is 13.1. The lowest BCUT2D eigenvalue weighted by molar-refractivity contribution is 0.305. The molecule has 0 bridgehead atoms. The van der Waals surface area contributed by atoms with Gasteiger partial charge in [-0.05, 0) is 57.9 Å². The molecule has 0 saturated heterocycles. The summed E-state index contributed by atoms with van der Waals surface area (Å²) >= 11 is 3.14. The molecule has 0 amide bonds. The van der Waals surface area contributed by atoms with Crippen molar-refractivity contribution in [3.05, 3.63) is 70.6 Å². The molecule has 0 atom stereocenters. The van der Waals surface area contributed by atoms with Gasteiger partial charge in [-0.25, -0.2) is 4.39 Å². The molecule has 0 aliphatic rings. The molecule has 0 radical (unpaired) electrons. The quantitative estimate of drug-likeness (QED) is 0.693. The number of hydrogen-bond acceptors (Lipinski definition) is 2. The summed E-state index contributed by atoms with van der Waals surface area (Å²) in [6.45, 7) is 0.433. The second-order valence-corrected chi connectivity index (χ2v) is 5.25. The predicted molar refractivity (Wildman–Crippen MR) is 80.2 cm³/mol. The average molecular weight is 332 g/mol. The highest BCUT2D eigenvalue weighted by Crippen LogP contribution is 2.23. The molecule has 2 aromatic carbocycles. The summed E-state index contributed by atoms with van der Waals surface area (Å²) in [7, 11) is 0. The minimum atomic E-state index is -0.297. The fourth-order valence-corrected chi connectivity index (χ4v) is 2.31. The molecule has 1 aromatic heterocycles. The van der Waals surface area contributed by atoms with Gasteiger partial charge in [0.15, 0.2) is 0 Å². The Balaban J connectivity index is 1.77. The van der Waals surface area contributed by atoms with Crippen LogP contribution in [0.5, 0.6) is 5.75 Å². The Morgan fingerprint density at radius 2 is 2.00 bits per heavy atom. The molecule has 2 nitrogen and oxygen atoms in total. The van der Waals surface area contributed by atoms with Crippen LogP contribution in [0.1, 0.15) is 5.56 Å². The van der Waals surface area contributed by atoms with E-state index in [0.717, 1.165) is 16.5 Å². The monoisotopic (exact) mass is 331 g/mol. The summed E-state index contributed by atoms with van der Waals surface area (Å²) in [6, 6.07) is 14.5. The van der Waals surface area contributed by atoms with Crippen LogP contribution in [0, 0.1) is 5.82 Å². The number of halogens is 2. The number of fused-ring (bicyclic) bond motifs is 1. The number of ether oxygens (including phenoxy) is 1. The SMILES string of the molecule is Fc1ccc(OCc2ccc3ncccc3c2)cc1Br. The van der Waals surface area contributed by atoms with Crippen molar-refractivity contribution in [2.75, 3.05) is 0 Å². The maximum absolute atomic E-state index is 13.1. The van der Waals surface area contributed by atoms with Crippen LogP contribution in [-0.4, -0.2) is 4.98 Å². The second-order valence-electron chi connectivity index (χ2n) is 4.40. The van der Waals surface area contributed by atoms with Crippen LogP contribution in [0.4, 0.5) is 4.39 Å². The van der Waals surface area contributed by atoms with Gasteiger partial charge in [-0.3, -0.25) is 4.98 Å². The Bertz CT molecular complexity index is 760. The molecular formula is C16H11BrFNO. The first-order chi connectivity index (χ1) is 9.72. The van der Waals surface area contributed by atoms with Gasteiger partial charge >= 0.3 is 0 Å². The van der Waals surface area contributed by atoms with Gasteiger partial charge in [0, 0.05) is 11.6 Å². The highest BCUT2D eigenvalue weighted by molar-refractivity contribution is 9.10. The zero-order valence-corrected chi connectivity index (χ0v) is 12.1. The van der Waals surface area contributed by atoms with Crippen molar-refractivity contribution in [1.82, 2.24) is 4.98 Å². The number of benzene rings is 2. The van der Waals surface area contributed by atoms with Crippen molar-refractivity contribution < 1.29 is 9.13 Å². The van der Waals surface area contributed by atoms with E-state index < -0.39 is 0 Å². The van der Waals surface area contributed by atoms with Gasteiger partial charge in [0.2, 0.25) is 0 Å². The van der Waals surface area contributed by atoms with Crippen molar-refractivity contribution in [1.29, 1.82) is 0 Å². The molecule has 100 valence electrons. The third-order valence-electron chi connectivity index (χ3n) is 2.96. The smallest absolute Gasteiger partial charge is 0.137 e. The summed E-state index contributed by atoms with van der Waals surface area (Å²) in [5, 5.41) is 1.08. The van der Waals surface area contributed by atoms with Crippen molar-refractivity contribution in [2.24, 2.45) is 0 Å². The van der Waals surface area contributed by atoms with Crippen LogP contribution in [0.25, 0.3) is 10.9 Å². The van der Waals surface area contributed by atoms with Crippen molar-refractivity contribution >= 4 is 26.8 Å². The fourth-order valence-electron chi connectivity index (χ4n) is 1.95. The topological polar surface area (TPSA) is 22.1 Å². The van der Waals surface area contributed by atoms with Crippen LogP contribution in [0.2, 0.25) is 0 Å². The number of nitrogens with zero attached hydrogens (tertiary/aromatic N) is 1. The summed E-state index contributed by atoms with van der Waals surface area (Å²) in [6.07, 6.45) is 1.77. The molecule has 0 aliphatic carbocycles. The number of rotatable bonds is 3. The zero-order chi connectivity index (χ0) is 13.9. The molecule has 3 rings (SSSR count). The number of pyridine rings is 1. The average Bonchev–Trinajstić information content (AvgIpc) is 2.48. The largest absolute Gasteiger partial charge is 0.489 e. The van der Waals surface area contributed by atoms with Gasteiger partial charge in [0.1, 0.15) is 18.2 Å². The van der Waals surface area contributed by atoms with E-state index >= 15 is 0 Å². The molecular weight excluding hydrogens is 321 g/mol. The molecule has 0 N–H and O–H groups in total. The van der Waals surface area contributed by atoms with E-state index in [0.29, 0.717) is 16.8 Å². The van der Waals surface area contributed by atoms with Crippen LogP contribution in [0.3, 0.4) is 0 Å². The predicted octanol–water partition coefficient (Wildman–Crippen LogP) is 4.72. The molecule has 0 unspecified atom stereocenters. The third-order valence-corrected chi connectivity index (χ3v) is 3.57. The molecule has 0 fully saturated rings. The van der Waals surface area contributed by atoms with Gasteiger partial charge in [0.05, 0.1) is 9.99 Å². The molecule has 3 aromatic rings. The van der Waals surface area contributed by atoms with Crippen molar-refractivity contribution in [2.45, 2.75) is 6.61 Å². The highest BCUT2D eigenvalue weighted by atomic mass is 79.9. The summed E-state index contributed by atoms with van der Waals surface area (Å²) in [5.41, 5.74) is 2.01. The van der Waals surface area contributed by atoms with Gasteiger partial charge in [-0.1, -0.05) is 12.1 Å². The van der Waals surface area contributed by atoms with E-state index in [4.69, 9.17) is 4.74 Å². The van der Waals surface area contributed by atoms with E-state index in [1.165, 1.54) is 6.07 Å². The van der Waals surface area contributed by atoms with Crippen molar-refractivity contribution in [3.8, 4) is 5.75 Å². The van der Waals surface area contributed by atoms with Crippen molar-refractivity contribution in [3.63, 3.8) is 0 Å². The zero-order valence-electron chi connectivity index (χ0n) is 10.5. The summed E-state index contributed by atoms with van der Waals surface area (Å²) in [5.74, 6) is 0.332. The minimum Gasteiger partial charge on any atom is -0.489 e. The first kappa shape index (κ1) is 13.1. The Labute approximate surface area is 124 Å². The lowest BCUT2D eigenvalue weighted by atomic mass is 10.1. The van der Waals surface area contributed by atoms with Crippen LogP contribution >= 0.6 is 15.9 Å². The Morgan fingerprint density at radius 3 is 2.85 bits per heavy atom. The molecule has 20 heavy (non-hydrogen) atoms. The van der Waals surface area contributed by atoms with E-state index in [2.05, 4.69) is 20.9 Å². The van der Waals surface area contributed by atoms with E-state index in [1.54, 1.807) is 18.3 Å². The highest BCUT2D eigenvalue weighted by Gasteiger charge is 2.02. The normalized spacial score (nSPS) is 10.7. The third kappa shape index (κ3) is 2.80. The minimum absolute atomic E-state index is 0.297. The number of aromatic nitrogens is 1. The standard InChI is InChI=1S/C16H11BrFNO/c17-14-9-13(4-5-15(14)18)20-10-11-3-6-16-12(8-11)2-1-7-19-16/h1-9H,10H2. The lowest BCUT2D eigenvalue weighted by Gasteiger charge is -2.08. The van der Waals surface area contributed by atoms with Gasteiger partial charge in [-0.15, -0.1) is 0 Å². The Hall–Kier alpha value is -1.94. The van der Waals surface area contributed by atoms with Gasteiger partial charge in [-0.2, -0.15) is 0 Å². The van der Waals surface area contributed by atoms with E-state index in [1.807, 2.05) is 30.3 Å². The summed E-state index contributed by atoms with van der Waals surface area (Å²) < 4.78 is 19.2. The molecule has 0 saturated carbocycles. The number of hydrogen-bond donors (Lipinski definition) is 0. The van der Waals surface area contributed by atoms with Crippen LogP contribution < -0.4 is 4.74 Å². The molecule has 0 aliphatic heterocycles. The van der Waals surface area contributed by atoms with E-state index in [-0.39, 0.29) is 5.82 Å². The van der Waals surface area contributed by atoms with Crippen LogP contribution in [-0.2, 0) is 6.61 Å². The molecule has 4 heteroatoms. The maximum Gasteiger partial charge on any atom is 0.137 e. The second kappa shape index (κ2) is 5.59. The van der Waals surface area contributed by atoms with Crippen LogP contribution in [0.15, 0.2) is 59.2 Å². The van der Waals surface area contributed by atoms with Gasteiger partial charge in [0.25, 0.3) is 0 Å². The lowest BCUT2D eigenvalue weighted by Crippen LogP contribution is -1.96. The Kier molecular flexibility index (Phi) is 3.65. The van der Waals surface area contributed by atoms with Gasteiger partial charge < -0.3 is 4.74 Å². The first-order valence-corrected chi connectivity index (χ1v) is 6.93.